The second-order valence-corrected chi connectivity index (χ2v) is 6.43. The summed E-state index contributed by atoms with van der Waals surface area (Å²) in [5.74, 6) is 0.786. The molecule has 3 aromatic rings. The zero-order chi connectivity index (χ0) is 16.9. The Morgan fingerprint density at radius 2 is 1.25 bits per heavy atom. The highest BCUT2D eigenvalue weighted by Crippen LogP contribution is 2.53. The second kappa shape index (κ2) is 5.22. The van der Waals surface area contributed by atoms with Gasteiger partial charge in [-0.25, -0.2) is 0 Å². The van der Waals surface area contributed by atoms with Gasteiger partial charge in [-0.3, -0.25) is 0 Å². The molecular formula is C22H20O2. The van der Waals surface area contributed by atoms with Crippen LogP contribution in [0.3, 0.4) is 0 Å². The first kappa shape index (κ1) is 15.0. The van der Waals surface area contributed by atoms with Crippen LogP contribution in [0.5, 0.6) is 5.75 Å². The van der Waals surface area contributed by atoms with Crippen molar-refractivity contribution >= 4 is 0 Å². The molecule has 0 fully saturated rings. The van der Waals surface area contributed by atoms with Crippen molar-refractivity contribution in [2.45, 2.75) is 19.4 Å². The maximum Gasteiger partial charge on any atom is 0.141 e. The fourth-order valence-electron chi connectivity index (χ4n) is 3.89. The lowest BCUT2D eigenvalue weighted by Crippen LogP contribution is -2.26. The number of rotatable bonds is 2. The Labute approximate surface area is 142 Å². The summed E-state index contributed by atoms with van der Waals surface area (Å²) in [6.07, 6.45) is 0. The first-order valence-corrected chi connectivity index (χ1v) is 8.15. The standard InChI is InChI=1S/C22H20O2/c1-14-6-4-8-18-20(14)21-15(2)7-5-9-19(21)22(18,23)16-10-12-17(24-3)13-11-16/h4-13,23H,1-3H3. The molecule has 1 aliphatic carbocycles. The van der Waals surface area contributed by atoms with E-state index in [2.05, 4.69) is 26.0 Å². The van der Waals surface area contributed by atoms with E-state index in [9.17, 15) is 5.11 Å². The van der Waals surface area contributed by atoms with Crippen molar-refractivity contribution in [3.63, 3.8) is 0 Å². The third-order valence-electron chi connectivity index (χ3n) is 5.08. The zero-order valence-electron chi connectivity index (χ0n) is 14.1. The summed E-state index contributed by atoms with van der Waals surface area (Å²) in [5, 5.41) is 11.8. The van der Waals surface area contributed by atoms with Crippen molar-refractivity contribution in [2.75, 3.05) is 7.11 Å². The Morgan fingerprint density at radius 3 is 1.71 bits per heavy atom. The molecule has 0 radical (unpaired) electrons. The van der Waals surface area contributed by atoms with Crippen LogP contribution in [-0.4, -0.2) is 12.2 Å². The van der Waals surface area contributed by atoms with Gasteiger partial charge in [0.2, 0.25) is 0 Å². The second-order valence-electron chi connectivity index (χ2n) is 6.43. The summed E-state index contributed by atoms with van der Waals surface area (Å²) >= 11 is 0. The topological polar surface area (TPSA) is 29.5 Å². The SMILES string of the molecule is COc1ccc(C2(O)c3cccc(C)c3-c3c(C)cccc32)cc1. The number of benzene rings is 3. The molecule has 2 heteroatoms. The number of methoxy groups -OCH3 is 1. The van der Waals surface area contributed by atoms with Crippen molar-refractivity contribution in [1.29, 1.82) is 0 Å². The Kier molecular flexibility index (Phi) is 3.26. The summed E-state index contributed by atoms with van der Waals surface area (Å²) in [6, 6.07) is 20.0. The molecule has 120 valence electrons. The summed E-state index contributed by atoms with van der Waals surface area (Å²) in [4.78, 5) is 0. The van der Waals surface area contributed by atoms with Crippen LogP contribution in [-0.2, 0) is 5.60 Å². The Balaban J connectivity index is 2.06. The van der Waals surface area contributed by atoms with Crippen LogP contribution in [0.2, 0.25) is 0 Å². The van der Waals surface area contributed by atoms with E-state index < -0.39 is 5.60 Å². The van der Waals surface area contributed by atoms with E-state index in [0.717, 1.165) is 33.6 Å². The van der Waals surface area contributed by atoms with Crippen LogP contribution in [0.25, 0.3) is 11.1 Å². The van der Waals surface area contributed by atoms with Crippen molar-refractivity contribution in [3.8, 4) is 16.9 Å². The minimum Gasteiger partial charge on any atom is -0.497 e. The first-order chi connectivity index (χ1) is 11.6. The molecule has 0 spiro atoms. The molecule has 0 atom stereocenters. The van der Waals surface area contributed by atoms with E-state index in [1.807, 2.05) is 48.5 Å². The lowest BCUT2D eigenvalue weighted by molar-refractivity contribution is 0.130. The van der Waals surface area contributed by atoms with Crippen LogP contribution in [0.15, 0.2) is 60.7 Å². The maximum absolute atomic E-state index is 11.8. The van der Waals surface area contributed by atoms with E-state index in [0.29, 0.717) is 0 Å². The number of fused-ring (bicyclic) bond motifs is 3. The third kappa shape index (κ3) is 1.87. The van der Waals surface area contributed by atoms with Crippen molar-refractivity contribution < 1.29 is 9.84 Å². The molecule has 4 rings (SSSR count). The molecule has 0 aromatic heterocycles. The van der Waals surface area contributed by atoms with E-state index in [1.54, 1.807) is 7.11 Å². The van der Waals surface area contributed by atoms with Gasteiger partial charge in [0.25, 0.3) is 0 Å². The highest BCUT2D eigenvalue weighted by molar-refractivity contribution is 5.86. The molecule has 24 heavy (non-hydrogen) atoms. The Bertz CT molecular complexity index is 872. The largest absolute Gasteiger partial charge is 0.497 e. The minimum absolute atomic E-state index is 0.786. The highest BCUT2D eigenvalue weighted by Gasteiger charge is 2.44. The van der Waals surface area contributed by atoms with Gasteiger partial charge >= 0.3 is 0 Å². The molecule has 0 saturated carbocycles. The van der Waals surface area contributed by atoms with Crippen molar-refractivity contribution in [1.82, 2.24) is 0 Å². The van der Waals surface area contributed by atoms with Crippen LogP contribution in [0.4, 0.5) is 0 Å². The molecule has 1 aliphatic rings. The maximum atomic E-state index is 11.8. The predicted octanol–water partition coefficient (Wildman–Crippen LogP) is 4.58. The minimum atomic E-state index is -1.13. The van der Waals surface area contributed by atoms with Gasteiger partial charge in [0.15, 0.2) is 0 Å². The van der Waals surface area contributed by atoms with Crippen LogP contribution in [0, 0.1) is 13.8 Å². The molecule has 0 heterocycles. The van der Waals surface area contributed by atoms with E-state index in [4.69, 9.17) is 4.74 Å². The third-order valence-corrected chi connectivity index (χ3v) is 5.08. The average Bonchev–Trinajstić information content (AvgIpc) is 2.88. The number of hydrogen-bond donors (Lipinski definition) is 1. The molecule has 0 aliphatic heterocycles. The fraction of sp³-hybridized carbons (Fsp3) is 0.182. The van der Waals surface area contributed by atoms with Gasteiger partial charge in [0, 0.05) is 11.1 Å². The monoisotopic (exact) mass is 316 g/mol. The van der Waals surface area contributed by atoms with Crippen molar-refractivity contribution in [2.24, 2.45) is 0 Å². The van der Waals surface area contributed by atoms with Gasteiger partial charge in [-0.15, -0.1) is 0 Å². The number of hydrogen-bond acceptors (Lipinski definition) is 2. The summed E-state index contributed by atoms with van der Waals surface area (Å²) in [5.41, 5.74) is 6.33. The molecule has 0 bridgehead atoms. The lowest BCUT2D eigenvalue weighted by Gasteiger charge is -2.27. The molecule has 0 unspecified atom stereocenters. The number of ether oxygens (including phenoxy) is 1. The first-order valence-electron chi connectivity index (χ1n) is 8.15. The Morgan fingerprint density at radius 1 is 0.750 bits per heavy atom. The van der Waals surface area contributed by atoms with Crippen LogP contribution >= 0.6 is 0 Å². The predicted molar refractivity (Wildman–Crippen MR) is 96.4 cm³/mol. The quantitative estimate of drug-likeness (QED) is 0.750. The zero-order valence-corrected chi connectivity index (χ0v) is 14.1. The molecule has 1 N–H and O–H groups in total. The average molecular weight is 316 g/mol. The van der Waals surface area contributed by atoms with Crippen LogP contribution < -0.4 is 4.74 Å². The lowest BCUT2D eigenvalue weighted by atomic mass is 9.84. The Hall–Kier alpha value is -2.58. The normalized spacial score (nSPS) is 14.2. The fourth-order valence-corrected chi connectivity index (χ4v) is 3.89. The van der Waals surface area contributed by atoms with Gasteiger partial charge in [0.1, 0.15) is 11.4 Å². The van der Waals surface area contributed by atoms with Crippen molar-refractivity contribution in [3.05, 3.63) is 88.5 Å². The van der Waals surface area contributed by atoms with Gasteiger partial charge < -0.3 is 9.84 Å². The summed E-state index contributed by atoms with van der Waals surface area (Å²) in [7, 11) is 1.65. The summed E-state index contributed by atoms with van der Waals surface area (Å²) < 4.78 is 5.26. The molecule has 0 amide bonds. The van der Waals surface area contributed by atoms with Gasteiger partial charge in [0.05, 0.1) is 7.11 Å². The summed E-state index contributed by atoms with van der Waals surface area (Å²) in [6.45, 7) is 4.21. The molecule has 3 aromatic carbocycles. The number of aryl methyl sites for hydroxylation is 2. The van der Waals surface area contributed by atoms with Crippen LogP contribution in [0.1, 0.15) is 27.8 Å². The van der Waals surface area contributed by atoms with Gasteiger partial charge in [-0.05, 0) is 53.8 Å². The van der Waals surface area contributed by atoms with E-state index in [1.165, 1.54) is 11.1 Å². The van der Waals surface area contributed by atoms with E-state index >= 15 is 0 Å². The van der Waals surface area contributed by atoms with E-state index in [-0.39, 0.29) is 0 Å². The molecule has 0 saturated heterocycles. The number of aliphatic hydroxyl groups is 1. The van der Waals surface area contributed by atoms with Gasteiger partial charge in [-0.2, -0.15) is 0 Å². The molecule has 2 nitrogen and oxygen atoms in total. The van der Waals surface area contributed by atoms with Gasteiger partial charge in [-0.1, -0.05) is 48.5 Å². The highest BCUT2D eigenvalue weighted by atomic mass is 16.5. The molecular weight excluding hydrogens is 296 g/mol. The smallest absolute Gasteiger partial charge is 0.141 e.